The topological polar surface area (TPSA) is 96.5 Å². The maximum Gasteiger partial charge on any atom is 0.306 e. The minimum atomic E-state index is -0.133. The smallest absolute Gasteiger partial charge is 0.306 e. The molecule has 6 heteroatoms. The molecule has 0 saturated carbocycles. The summed E-state index contributed by atoms with van der Waals surface area (Å²) < 4.78 is 5.38. The van der Waals surface area contributed by atoms with E-state index in [0.29, 0.717) is 30.6 Å². The highest BCUT2D eigenvalue weighted by Crippen LogP contribution is 2.24. The van der Waals surface area contributed by atoms with Gasteiger partial charge < -0.3 is 15.4 Å². The lowest BCUT2D eigenvalue weighted by atomic mass is 9.93. The molecule has 0 radical (unpaired) electrons. The van der Waals surface area contributed by atoms with E-state index < -0.39 is 0 Å². The molecule has 0 bridgehead atoms. The van der Waals surface area contributed by atoms with E-state index in [1.165, 1.54) is 0 Å². The number of hydrogen-bond donors (Lipinski definition) is 2. The minimum absolute atomic E-state index is 0.0270. The van der Waals surface area contributed by atoms with Crippen LogP contribution < -0.4 is 5.73 Å². The monoisotopic (exact) mass is 421 g/mol. The first kappa shape index (κ1) is 22.5. The van der Waals surface area contributed by atoms with Gasteiger partial charge in [-0.05, 0) is 55.4 Å². The number of nitrogens with one attached hydrogen (secondary N) is 1. The zero-order valence-electron chi connectivity index (χ0n) is 18.3. The first-order chi connectivity index (χ1) is 14.9. The number of likely N-dealkylation sites (tertiary alicyclic amines) is 1. The molecule has 31 heavy (non-hydrogen) atoms. The van der Waals surface area contributed by atoms with Crippen LogP contribution in [0.25, 0.3) is 11.1 Å². The van der Waals surface area contributed by atoms with Gasteiger partial charge in [0.25, 0.3) is 5.91 Å². The number of nitrogen functional groups attached to an aromatic ring is 1. The molecule has 3 rings (SSSR count). The van der Waals surface area contributed by atoms with Crippen LogP contribution in [0.1, 0.15) is 55.5 Å². The zero-order valence-corrected chi connectivity index (χ0v) is 18.3. The third-order valence-electron chi connectivity index (χ3n) is 5.93. The Morgan fingerprint density at radius 2 is 1.55 bits per heavy atom. The summed E-state index contributed by atoms with van der Waals surface area (Å²) in [5.74, 6) is 0.217. The minimum Gasteiger partial charge on any atom is -0.463 e. The van der Waals surface area contributed by atoms with Gasteiger partial charge in [0.05, 0.1) is 6.10 Å². The van der Waals surface area contributed by atoms with Gasteiger partial charge in [0, 0.05) is 30.6 Å². The van der Waals surface area contributed by atoms with E-state index in [2.05, 4.69) is 0 Å². The van der Waals surface area contributed by atoms with Crippen molar-refractivity contribution in [2.75, 3.05) is 13.1 Å². The largest absolute Gasteiger partial charge is 0.463 e. The lowest BCUT2D eigenvalue weighted by Crippen LogP contribution is -2.39. The molecule has 0 aromatic heterocycles. The molecule has 6 nitrogen and oxygen atoms in total. The maximum atomic E-state index is 12.9. The SMILES string of the molecule is CC[C@@H](C)OC(=O)CC1CCN(C(=O)c2ccc(-c3ccc(C(=N)N)cc3)cc2)CC1. The standard InChI is InChI=1S/C25H31N3O3/c1-3-17(2)31-23(29)16-18-12-14-28(15-13-18)25(30)22-10-6-20(7-11-22)19-4-8-21(9-5-19)24(26)27/h4-11,17-18H,3,12-16H2,1-2H3,(H3,26,27)/t17-/m1/s1. The number of nitrogens with two attached hydrogens (primary N) is 1. The summed E-state index contributed by atoms with van der Waals surface area (Å²) in [6, 6.07) is 15.1. The molecule has 2 aromatic carbocycles. The van der Waals surface area contributed by atoms with Gasteiger partial charge >= 0.3 is 5.97 Å². The second-order valence-electron chi connectivity index (χ2n) is 8.22. The number of nitrogens with zero attached hydrogens (tertiary/aromatic N) is 1. The molecular weight excluding hydrogens is 390 g/mol. The van der Waals surface area contributed by atoms with Gasteiger partial charge in [-0.15, -0.1) is 0 Å². The van der Waals surface area contributed by atoms with Crippen LogP contribution in [0.3, 0.4) is 0 Å². The predicted octanol–water partition coefficient (Wildman–Crippen LogP) is 4.22. The van der Waals surface area contributed by atoms with E-state index in [0.717, 1.165) is 30.4 Å². The van der Waals surface area contributed by atoms with E-state index >= 15 is 0 Å². The molecule has 0 aliphatic carbocycles. The molecule has 164 valence electrons. The van der Waals surface area contributed by atoms with Crippen molar-refractivity contribution in [1.29, 1.82) is 5.41 Å². The molecular formula is C25H31N3O3. The fourth-order valence-corrected chi connectivity index (χ4v) is 3.76. The Morgan fingerprint density at radius 3 is 2.03 bits per heavy atom. The van der Waals surface area contributed by atoms with Crippen molar-refractivity contribution in [2.45, 2.75) is 45.6 Å². The van der Waals surface area contributed by atoms with E-state index in [9.17, 15) is 9.59 Å². The van der Waals surface area contributed by atoms with Gasteiger partial charge in [-0.3, -0.25) is 15.0 Å². The van der Waals surface area contributed by atoms with Gasteiger partial charge in [-0.1, -0.05) is 43.3 Å². The first-order valence-corrected chi connectivity index (χ1v) is 10.9. The molecule has 1 atom stereocenters. The molecule has 1 heterocycles. The zero-order chi connectivity index (χ0) is 22.4. The van der Waals surface area contributed by atoms with Gasteiger partial charge in [0.2, 0.25) is 0 Å². The number of amides is 1. The molecule has 0 unspecified atom stereocenters. The quantitative estimate of drug-likeness (QED) is 0.397. The van der Waals surface area contributed by atoms with E-state index in [-0.39, 0.29) is 29.7 Å². The highest BCUT2D eigenvalue weighted by atomic mass is 16.5. The van der Waals surface area contributed by atoms with Crippen LogP contribution in [0, 0.1) is 11.3 Å². The summed E-state index contributed by atoms with van der Waals surface area (Å²) in [6.07, 6.45) is 2.86. The molecule has 1 fully saturated rings. The molecule has 0 spiro atoms. The van der Waals surface area contributed by atoms with Crippen LogP contribution in [0.4, 0.5) is 0 Å². The predicted molar refractivity (Wildman–Crippen MR) is 122 cm³/mol. The van der Waals surface area contributed by atoms with Crippen LogP contribution in [0.15, 0.2) is 48.5 Å². The summed E-state index contributed by atoms with van der Waals surface area (Å²) in [7, 11) is 0. The highest BCUT2D eigenvalue weighted by molar-refractivity contribution is 5.96. The van der Waals surface area contributed by atoms with Crippen molar-refractivity contribution in [3.63, 3.8) is 0 Å². The fraction of sp³-hybridized carbons (Fsp3) is 0.400. The second-order valence-corrected chi connectivity index (χ2v) is 8.22. The number of hydrogen-bond acceptors (Lipinski definition) is 4. The Kier molecular flexibility index (Phi) is 7.45. The Morgan fingerprint density at radius 1 is 1.03 bits per heavy atom. The van der Waals surface area contributed by atoms with Crippen molar-refractivity contribution in [1.82, 2.24) is 4.90 Å². The van der Waals surface area contributed by atoms with Crippen LogP contribution in [-0.2, 0) is 9.53 Å². The molecule has 1 aliphatic heterocycles. The second kappa shape index (κ2) is 10.2. The maximum absolute atomic E-state index is 12.9. The summed E-state index contributed by atoms with van der Waals surface area (Å²) in [5, 5.41) is 7.48. The van der Waals surface area contributed by atoms with E-state index in [4.69, 9.17) is 15.9 Å². The number of rotatable bonds is 7. The summed E-state index contributed by atoms with van der Waals surface area (Å²) >= 11 is 0. The Bertz CT molecular complexity index is 914. The summed E-state index contributed by atoms with van der Waals surface area (Å²) in [5.41, 5.74) is 8.87. The molecule has 1 aliphatic rings. The first-order valence-electron chi connectivity index (χ1n) is 10.9. The van der Waals surface area contributed by atoms with Crippen LogP contribution >= 0.6 is 0 Å². The number of ether oxygens (including phenoxy) is 1. The van der Waals surface area contributed by atoms with Gasteiger partial charge in [-0.25, -0.2) is 0 Å². The van der Waals surface area contributed by atoms with Crippen molar-refractivity contribution < 1.29 is 14.3 Å². The van der Waals surface area contributed by atoms with E-state index in [1.807, 2.05) is 67.3 Å². The number of amidine groups is 1. The molecule has 3 N–H and O–H groups in total. The lowest BCUT2D eigenvalue weighted by molar-refractivity contribution is -0.149. The van der Waals surface area contributed by atoms with E-state index in [1.54, 1.807) is 0 Å². The third-order valence-corrected chi connectivity index (χ3v) is 5.93. The highest BCUT2D eigenvalue weighted by Gasteiger charge is 2.26. The summed E-state index contributed by atoms with van der Waals surface area (Å²) in [6.45, 7) is 5.23. The number of carbonyl (C=O) groups excluding carboxylic acids is 2. The molecule has 1 amide bonds. The third kappa shape index (κ3) is 5.94. The van der Waals surface area contributed by atoms with Crippen molar-refractivity contribution in [3.05, 3.63) is 59.7 Å². The summed E-state index contributed by atoms with van der Waals surface area (Å²) in [4.78, 5) is 26.7. The van der Waals surface area contributed by atoms with Crippen molar-refractivity contribution in [2.24, 2.45) is 11.7 Å². The van der Waals surface area contributed by atoms with Crippen LogP contribution in [-0.4, -0.2) is 41.8 Å². The normalized spacial score (nSPS) is 15.4. The Balaban J connectivity index is 1.54. The van der Waals surface area contributed by atoms with Crippen molar-refractivity contribution in [3.8, 4) is 11.1 Å². The van der Waals surface area contributed by atoms with Gasteiger partial charge in [0.15, 0.2) is 0 Å². The van der Waals surface area contributed by atoms with Gasteiger partial charge in [0.1, 0.15) is 5.84 Å². The lowest BCUT2D eigenvalue weighted by Gasteiger charge is -2.32. The number of piperidine rings is 1. The van der Waals surface area contributed by atoms with Crippen LogP contribution in [0.5, 0.6) is 0 Å². The number of benzene rings is 2. The average Bonchev–Trinajstić information content (AvgIpc) is 2.79. The van der Waals surface area contributed by atoms with Crippen LogP contribution in [0.2, 0.25) is 0 Å². The average molecular weight is 422 g/mol. The van der Waals surface area contributed by atoms with Crippen molar-refractivity contribution >= 4 is 17.7 Å². The molecule has 2 aromatic rings. The van der Waals surface area contributed by atoms with Gasteiger partial charge in [-0.2, -0.15) is 0 Å². The Labute approximate surface area is 183 Å². The molecule has 1 saturated heterocycles. The Hall–Kier alpha value is -3.15. The fourth-order valence-electron chi connectivity index (χ4n) is 3.76. The number of carbonyl (C=O) groups is 2. The number of esters is 1.